The van der Waals surface area contributed by atoms with E-state index in [-0.39, 0.29) is 17.1 Å². The maximum atomic E-state index is 13.8. The van der Waals surface area contributed by atoms with Crippen molar-refractivity contribution in [2.75, 3.05) is 5.32 Å². The predicted molar refractivity (Wildman–Crippen MR) is 64.4 cm³/mol. The first-order valence-electron chi connectivity index (χ1n) is 5.45. The maximum absolute atomic E-state index is 13.8. The van der Waals surface area contributed by atoms with Crippen LogP contribution < -0.4 is 10.1 Å². The zero-order valence-electron chi connectivity index (χ0n) is 10.2. The van der Waals surface area contributed by atoms with Gasteiger partial charge in [0.05, 0.1) is 5.69 Å². The van der Waals surface area contributed by atoms with Gasteiger partial charge in [0.1, 0.15) is 11.6 Å². The second-order valence-electron chi connectivity index (χ2n) is 3.55. The number of nitriles is 1. The summed E-state index contributed by atoms with van der Waals surface area (Å²) in [4.78, 5) is 0. The molecule has 0 saturated carbocycles. The number of alkyl halides is 2. The van der Waals surface area contributed by atoms with E-state index in [1.807, 2.05) is 0 Å². The zero-order chi connectivity index (χ0) is 15.2. The molecule has 0 aliphatic rings. The molecule has 0 fully saturated rings. The SMILES string of the molecule is N#CC(=CNc1cccc(OC(F)F)c1F)c1nn[nH]n1. The fourth-order valence-corrected chi connectivity index (χ4v) is 1.38. The van der Waals surface area contributed by atoms with Crippen molar-refractivity contribution in [2.24, 2.45) is 0 Å². The molecule has 2 rings (SSSR count). The average Bonchev–Trinajstić information content (AvgIpc) is 2.97. The number of hydrogen-bond acceptors (Lipinski definition) is 6. The number of anilines is 1. The van der Waals surface area contributed by atoms with E-state index in [0.29, 0.717) is 0 Å². The van der Waals surface area contributed by atoms with E-state index in [9.17, 15) is 13.2 Å². The summed E-state index contributed by atoms with van der Waals surface area (Å²) in [5, 5.41) is 24.0. The fourth-order valence-electron chi connectivity index (χ4n) is 1.38. The molecule has 2 N–H and O–H groups in total. The Morgan fingerprint density at radius 1 is 1.48 bits per heavy atom. The molecule has 1 heterocycles. The zero-order valence-corrected chi connectivity index (χ0v) is 10.2. The number of aromatic nitrogens is 4. The van der Waals surface area contributed by atoms with Gasteiger partial charge in [0.25, 0.3) is 0 Å². The highest BCUT2D eigenvalue weighted by Crippen LogP contribution is 2.26. The van der Waals surface area contributed by atoms with Crippen LogP contribution in [-0.4, -0.2) is 27.2 Å². The number of hydrogen-bond donors (Lipinski definition) is 2. The molecule has 1 aromatic heterocycles. The third kappa shape index (κ3) is 3.47. The van der Waals surface area contributed by atoms with Crippen molar-refractivity contribution >= 4 is 11.3 Å². The first-order chi connectivity index (χ1) is 10.1. The van der Waals surface area contributed by atoms with Crippen molar-refractivity contribution in [3.8, 4) is 11.8 Å². The summed E-state index contributed by atoms with van der Waals surface area (Å²) < 4.78 is 42.1. The van der Waals surface area contributed by atoms with Crippen LogP contribution in [0.15, 0.2) is 24.4 Å². The monoisotopic (exact) mass is 296 g/mol. The van der Waals surface area contributed by atoms with Crippen LogP contribution in [-0.2, 0) is 0 Å². The Kier molecular flexibility index (Phi) is 4.35. The van der Waals surface area contributed by atoms with Gasteiger partial charge >= 0.3 is 6.61 Å². The Hall–Kier alpha value is -3.09. The molecule has 0 spiro atoms. The number of nitrogens with one attached hydrogen (secondary N) is 2. The van der Waals surface area contributed by atoms with Crippen molar-refractivity contribution in [3.63, 3.8) is 0 Å². The maximum Gasteiger partial charge on any atom is 0.387 e. The average molecular weight is 296 g/mol. The Morgan fingerprint density at radius 3 is 2.90 bits per heavy atom. The highest BCUT2D eigenvalue weighted by molar-refractivity contribution is 5.74. The number of halogens is 3. The molecule has 1 aromatic carbocycles. The molecule has 0 radical (unpaired) electrons. The summed E-state index contributed by atoms with van der Waals surface area (Å²) in [6.07, 6.45) is 1.12. The summed E-state index contributed by atoms with van der Waals surface area (Å²) in [7, 11) is 0. The van der Waals surface area contributed by atoms with Gasteiger partial charge in [0, 0.05) is 6.20 Å². The lowest BCUT2D eigenvalue weighted by atomic mass is 10.2. The molecule has 0 aliphatic carbocycles. The van der Waals surface area contributed by atoms with E-state index < -0.39 is 18.2 Å². The van der Waals surface area contributed by atoms with E-state index in [1.54, 1.807) is 6.07 Å². The molecule has 0 aliphatic heterocycles. The second kappa shape index (κ2) is 6.38. The number of aromatic amines is 1. The minimum atomic E-state index is -3.14. The van der Waals surface area contributed by atoms with Crippen LogP contribution in [0.2, 0.25) is 0 Å². The van der Waals surface area contributed by atoms with Gasteiger partial charge in [-0.3, -0.25) is 0 Å². The van der Waals surface area contributed by atoms with E-state index in [0.717, 1.165) is 12.3 Å². The molecule has 0 bridgehead atoms. The number of H-pyrrole nitrogens is 1. The van der Waals surface area contributed by atoms with Crippen molar-refractivity contribution in [1.82, 2.24) is 20.6 Å². The molecule has 2 aromatic rings. The number of tetrazole rings is 1. The van der Waals surface area contributed by atoms with E-state index >= 15 is 0 Å². The molecule has 108 valence electrons. The van der Waals surface area contributed by atoms with Crippen LogP contribution in [0.5, 0.6) is 5.75 Å². The molecule has 0 saturated heterocycles. The van der Waals surface area contributed by atoms with Crippen LogP contribution in [0.3, 0.4) is 0 Å². The largest absolute Gasteiger partial charge is 0.432 e. The fraction of sp³-hybridized carbons (Fsp3) is 0.0909. The number of allylic oxidation sites excluding steroid dienone is 1. The normalized spacial score (nSPS) is 11.3. The van der Waals surface area contributed by atoms with Crippen molar-refractivity contribution in [3.05, 3.63) is 36.0 Å². The second-order valence-corrected chi connectivity index (χ2v) is 3.55. The highest BCUT2D eigenvalue weighted by Gasteiger charge is 2.13. The summed E-state index contributed by atoms with van der Waals surface area (Å²) in [5.74, 6) is -1.62. The molecule has 21 heavy (non-hydrogen) atoms. The van der Waals surface area contributed by atoms with Crippen molar-refractivity contribution in [2.45, 2.75) is 6.61 Å². The van der Waals surface area contributed by atoms with Crippen LogP contribution in [0.1, 0.15) is 5.82 Å². The topological polar surface area (TPSA) is 99.5 Å². The lowest BCUT2D eigenvalue weighted by Gasteiger charge is -2.09. The Bertz CT molecular complexity index is 680. The molecule has 0 unspecified atom stereocenters. The predicted octanol–water partition coefficient (Wildman–Crippen LogP) is 1.92. The number of rotatable bonds is 5. The number of nitrogens with zero attached hydrogens (tertiary/aromatic N) is 4. The summed E-state index contributed by atoms with van der Waals surface area (Å²) in [6.45, 7) is -3.14. The van der Waals surface area contributed by atoms with Gasteiger partial charge in [-0.25, -0.2) is 4.39 Å². The van der Waals surface area contributed by atoms with Gasteiger partial charge in [0.15, 0.2) is 11.6 Å². The molecule has 7 nitrogen and oxygen atoms in total. The third-order valence-electron chi connectivity index (χ3n) is 2.26. The van der Waals surface area contributed by atoms with Crippen LogP contribution in [0.25, 0.3) is 5.57 Å². The lowest BCUT2D eigenvalue weighted by Crippen LogP contribution is -2.05. The first kappa shape index (κ1) is 14.3. The Labute approximate surface area is 116 Å². The minimum Gasteiger partial charge on any atom is -0.432 e. The van der Waals surface area contributed by atoms with Crippen LogP contribution in [0, 0.1) is 17.1 Å². The summed E-state index contributed by atoms with van der Waals surface area (Å²) in [5.41, 5.74) is -0.173. The van der Waals surface area contributed by atoms with E-state index in [1.165, 1.54) is 12.1 Å². The highest BCUT2D eigenvalue weighted by atomic mass is 19.3. The smallest absolute Gasteiger partial charge is 0.387 e. The lowest BCUT2D eigenvalue weighted by molar-refractivity contribution is -0.0521. The van der Waals surface area contributed by atoms with Gasteiger partial charge < -0.3 is 10.1 Å². The minimum absolute atomic E-state index is 0.00499. The molecular formula is C11H7F3N6O. The summed E-state index contributed by atoms with van der Waals surface area (Å²) in [6, 6.07) is 5.44. The van der Waals surface area contributed by atoms with E-state index in [2.05, 4.69) is 30.7 Å². The van der Waals surface area contributed by atoms with E-state index in [4.69, 9.17) is 5.26 Å². The number of ether oxygens (including phenoxy) is 1. The quantitative estimate of drug-likeness (QED) is 0.818. The molecule has 0 atom stereocenters. The molecule has 0 amide bonds. The van der Waals surface area contributed by atoms with Gasteiger partial charge in [-0.15, -0.1) is 10.2 Å². The summed E-state index contributed by atoms with van der Waals surface area (Å²) >= 11 is 0. The van der Waals surface area contributed by atoms with Crippen LogP contribution in [0.4, 0.5) is 18.9 Å². The van der Waals surface area contributed by atoms with Gasteiger partial charge in [-0.1, -0.05) is 6.07 Å². The van der Waals surface area contributed by atoms with Crippen molar-refractivity contribution in [1.29, 1.82) is 5.26 Å². The standard InChI is InChI=1S/C11H7F3N6O/c12-9-7(2-1-3-8(9)21-11(13)14)16-5-6(4-15)10-17-19-20-18-10/h1-3,5,11,16H,(H,17,18,19,20). The third-order valence-corrected chi connectivity index (χ3v) is 2.26. The first-order valence-corrected chi connectivity index (χ1v) is 5.45. The van der Waals surface area contributed by atoms with Gasteiger partial charge in [0.2, 0.25) is 5.82 Å². The Morgan fingerprint density at radius 2 is 2.29 bits per heavy atom. The molecular weight excluding hydrogens is 289 g/mol. The Balaban J connectivity index is 2.22. The van der Waals surface area contributed by atoms with Crippen LogP contribution >= 0.6 is 0 Å². The molecule has 10 heteroatoms. The van der Waals surface area contributed by atoms with Gasteiger partial charge in [-0.05, 0) is 17.3 Å². The number of benzene rings is 1. The van der Waals surface area contributed by atoms with Gasteiger partial charge in [-0.2, -0.15) is 19.3 Å². The van der Waals surface area contributed by atoms with Crippen molar-refractivity contribution < 1.29 is 17.9 Å².